The average molecular weight is 615 g/mol. The van der Waals surface area contributed by atoms with Gasteiger partial charge < -0.3 is 36.4 Å². The van der Waals surface area contributed by atoms with Crippen LogP contribution in [0.3, 0.4) is 0 Å². The molecule has 0 saturated heterocycles. The molecular formula is C33H66N4O6. The van der Waals surface area contributed by atoms with Gasteiger partial charge in [-0.05, 0) is 70.4 Å². The van der Waals surface area contributed by atoms with Crippen LogP contribution in [-0.2, 0) is 0 Å². The highest BCUT2D eigenvalue weighted by atomic mass is 16.3. The van der Waals surface area contributed by atoms with Gasteiger partial charge in [0.05, 0.1) is 24.9 Å². The molecule has 0 aromatic carbocycles. The second kappa shape index (κ2) is 67.1. The summed E-state index contributed by atoms with van der Waals surface area (Å²) in [6.07, 6.45) is 17.9. The number of hydrogen-bond donors (Lipinski definition) is 7. The lowest BCUT2D eigenvalue weighted by Crippen LogP contribution is -2.02. The molecular weight excluding hydrogens is 548 g/mol. The summed E-state index contributed by atoms with van der Waals surface area (Å²) in [5.74, 6) is 0. The molecule has 2 unspecified atom stereocenters. The van der Waals surface area contributed by atoms with Gasteiger partial charge in [-0.3, -0.25) is 0 Å². The summed E-state index contributed by atoms with van der Waals surface area (Å²) in [7, 11) is 0. The molecule has 0 aliphatic carbocycles. The molecule has 0 bridgehead atoms. The molecule has 10 nitrogen and oxygen atoms in total. The minimum atomic E-state index is -0.546. The largest absolute Gasteiger partial charge is 0.396 e. The van der Waals surface area contributed by atoms with Crippen LogP contribution in [0.15, 0.2) is 93.7 Å². The first kappa shape index (κ1) is 56.1. The second-order valence-corrected chi connectivity index (χ2v) is 8.18. The Morgan fingerprint density at radius 2 is 1.28 bits per heavy atom. The Bertz CT molecular complexity index is 600. The maximum Gasteiger partial charge on any atom is 0.0719 e. The van der Waals surface area contributed by atoms with E-state index in [1.807, 2.05) is 0 Å². The number of unbranched alkanes of at least 4 members (excludes halogenated alkanes) is 1. The first-order valence-corrected chi connectivity index (χ1v) is 14.4. The monoisotopic (exact) mass is 614 g/mol. The van der Waals surface area contributed by atoms with Crippen LogP contribution in [0, 0.1) is 0 Å². The Morgan fingerprint density at radius 1 is 0.767 bits per heavy atom. The van der Waals surface area contributed by atoms with Crippen molar-refractivity contribution in [2.45, 2.75) is 89.9 Å². The number of nitrogens with two attached hydrogens (primary N) is 1. The van der Waals surface area contributed by atoms with Crippen molar-refractivity contribution in [3.05, 3.63) is 99.0 Å². The summed E-state index contributed by atoms with van der Waals surface area (Å²) >= 11 is 0. The van der Waals surface area contributed by atoms with Crippen LogP contribution >= 0.6 is 0 Å². The zero-order valence-electron chi connectivity index (χ0n) is 27.2. The van der Waals surface area contributed by atoms with Crippen molar-refractivity contribution < 1.29 is 30.6 Å². The third-order valence-corrected chi connectivity index (χ3v) is 3.83. The summed E-state index contributed by atoms with van der Waals surface area (Å²) in [5, 5.41) is 53.4. The van der Waals surface area contributed by atoms with Crippen LogP contribution < -0.4 is 5.73 Å². The number of aliphatic hydroxyl groups excluding tert-OH is 6. The lowest BCUT2D eigenvalue weighted by atomic mass is 10.1. The quantitative estimate of drug-likeness (QED) is 0.0319. The van der Waals surface area contributed by atoms with Gasteiger partial charge in [0, 0.05) is 24.7 Å². The summed E-state index contributed by atoms with van der Waals surface area (Å²) in [4.78, 5) is 2.52. The van der Waals surface area contributed by atoms with E-state index in [0.29, 0.717) is 25.8 Å². The van der Waals surface area contributed by atoms with E-state index in [1.54, 1.807) is 37.3 Å². The maximum atomic E-state index is 8.98. The molecule has 254 valence electrons. The van der Waals surface area contributed by atoms with Crippen LogP contribution in [0.5, 0.6) is 0 Å². The summed E-state index contributed by atoms with van der Waals surface area (Å²) in [6.45, 7) is 29.3. The van der Waals surface area contributed by atoms with E-state index in [1.165, 1.54) is 12.2 Å². The molecule has 0 spiro atoms. The van der Waals surface area contributed by atoms with E-state index in [0.717, 1.165) is 45.1 Å². The van der Waals surface area contributed by atoms with E-state index in [4.69, 9.17) is 41.9 Å². The third-order valence-electron chi connectivity index (χ3n) is 3.83. The number of allylic oxidation sites excluding steroid dienone is 1. The minimum Gasteiger partial charge on any atom is -0.396 e. The van der Waals surface area contributed by atoms with E-state index in [9.17, 15) is 0 Å². The molecule has 0 aromatic rings. The number of rotatable bonds is 18. The van der Waals surface area contributed by atoms with Gasteiger partial charge in [0.2, 0.25) is 0 Å². The lowest BCUT2D eigenvalue weighted by Gasteiger charge is -2.02. The highest BCUT2D eigenvalue weighted by Crippen LogP contribution is 2.00. The van der Waals surface area contributed by atoms with Gasteiger partial charge in [0.15, 0.2) is 0 Å². The van der Waals surface area contributed by atoms with Gasteiger partial charge in [-0.2, -0.15) is 0 Å². The lowest BCUT2D eigenvalue weighted by molar-refractivity contribution is 0.167. The van der Waals surface area contributed by atoms with E-state index in [-0.39, 0.29) is 32.0 Å². The third kappa shape index (κ3) is 121. The molecule has 0 fully saturated rings. The highest BCUT2D eigenvalue weighted by molar-refractivity contribution is 4.78. The van der Waals surface area contributed by atoms with Gasteiger partial charge in [0.25, 0.3) is 0 Å². The molecule has 0 aromatic heterocycles. The fraction of sp³-hybridized carbons (Fsp3) is 0.576. The van der Waals surface area contributed by atoms with Crippen LogP contribution in [0.2, 0.25) is 0 Å². The average Bonchev–Trinajstić information content (AvgIpc) is 2.99. The van der Waals surface area contributed by atoms with Gasteiger partial charge in [0.1, 0.15) is 0 Å². The zero-order valence-corrected chi connectivity index (χ0v) is 27.2. The summed E-state index contributed by atoms with van der Waals surface area (Å²) in [5.41, 5.74) is 12.9. The molecule has 0 aliphatic rings. The molecule has 43 heavy (non-hydrogen) atoms. The second-order valence-electron chi connectivity index (χ2n) is 8.18. The zero-order chi connectivity index (χ0) is 35.0. The van der Waals surface area contributed by atoms with Crippen LogP contribution in [0.4, 0.5) is 0 Å². The minimum absolute atomic E-state index is 0.0833. The molecule has 0 amide bonds. The molecule has 0 heterocycles. The first-order valence-electron chi connectivity index (χ1n) is 14.4. The molecule has 0 aliphatic heterocycles. The predicted molar refractivity (Wildman–Crippen MR) is 187 cm³/mol. The smallest absolute Gasteiger partial charge is 0.0719 e. The maximum absolute atomic E-state index is 8.98. The van der Waals surface area contributed by atoms with Crippen molar-refractivity contribution in [3.63, 3.8) is 0 Å². The van der Waals surface area contributed by atoms with Crippen molar-refractivity contribution in [3.8, 4) is 0 Å². The fourth-order valence-corrected chi connectivity index (χ4v) is 1.68. The Morgan fingerprint density at radius 3 is 1.47 bits per heavy atom. The van der Waals surface area contributed by atoms with E-state index < -0.39 is 6.10 Å². The number of nitrogens with zero attached hydrogens (tertiary/aromatic N) is 3. The highest BCUT2D eigenvalue weighted by Gasteiger charge is 1.96. The van der Waals surface area contributed by atoms with E-state index in [2.05, 4.69) is 63.0 Å². The Kier molecular flexibility index (Phi) is 87.5. The van der Waals surface area contributed by atoms with Gasteiger partial charge in [-0.15, -0.1) is 46.1 Å². The Balaban J connectivity index is -0.0000000715. The Hall–Kier alpha value is -2.79. The van der Waals surface area contributed by atoms with Crippen LogP contribution in [0.25, 0.3) is 10.4 Å². The van der Waals surface area contributed by atoms with Gasteiger partial charge >= 0.3 is 0 Å². The molecule has 0 saturated carbocycles. The SMILES string of the molecule is C=CC(O)CCN=[N+]=[N-].C=CCC(O)CCC.C=CCCCO.C=CCCN.C=CCCO.C=CCO.C=CC[C@@H](C)O. The van der Waals surface area contributed by atoms with Crippen LogP contribution in [0.1, 0.15) is 71.6 Å². The van der Waals surface area contributed by atoms with Crippen molar-refractivity contribution in [1.29, 1.82) is 0 Å². The molecule has 8 N–H and O–H groups in total. The summed E-state index contributed by atoms with van der Waals surface area (Å²) in [6, 6.07) is 0. The van der Waals surface area contributed by atoms with Gasteiger partial charge in [-0.25, -0.2) is 0 Å². The molecule has 0 radical (unpaired) electrons. The topological polar surface area (TPSA) is 196 Å². The number of aliphatic hydroxyl groups is 6. The Labute approximate surface area is 263 Å². The predicted octanol–water partition coefficient (Wildman–Crippen LogP) is 6.09. The van der Waals surface area contributed by atoms with Crippen LogP contribution in [-0.4, -0.2) is 81.9 Å². The molecule has 3 atom stereocenters. The normalized spacial score (nSPS) is 10.3. The van der Waals surface area contributed by atoms with Crippen molar-refractivity contribution in [1.82, 2.24) is 0 Å². The molecule has 0 rings (SSSR count). The standard InChI is InChI=1S/C7H14O.C5H9N3O.2C5H10O.C4H9N.C4H8O.C3H6O/c1-3-5-7(8)6-4-2;1-2-5(9)3-4-7-8-6;1-3-4-5(2)6;1-2-3-4-5-6;2*1-2-3-4-5;1-2-3-4/h3,7-8H,1,4-6H2,2H3;2,5,9H,1,3-4H2;3,5-6H,1,4H2,2H3;2,6H,1,3-5H2;2H,1,3-5H2;2,5H,1,3-4H2;2,4H,1,3H2/t;;5-;;;;/m..1..../s1. The van der Waals surface area contributed by atoms with Gasteiger partial charge in [-0.1, -0.05) is 61.0 Å². The summed E-state index contributed by atoms with van der Waals surface area (Å²) < 4.78 is 0. The van der Waals surface area contributed by atoms with Crippen molar-refractivity contribution in [2.24, 2.45) is 10.8 Å². The van der Waals surface area contributed by atoms with Crippen molar-refractivity contribution >= 4 is 0 Å². The number of azide groups is 1. The first-order chi connectivity index (χ1) is 20.5. The van der Waals surface area contributed by atoms with E-state index >= 15 is 0 Å². The molecule has 10 heteroatoms. The fourth-order valence-electron chi connectivity index (χ4n) is 1.68. The number of hydrogen-bond acceptors (Lipinski definition) is 8. The van der Waals surface area contributed by atoms with Crippen molar-refractivity contribution in [2.75, 3.05) is 32.9 Å².